The number of carbonyl (C=O) groups excluding carboxylic acids is 3. The van der Waals surface area contributed by atoms with Crippen molar-refractivity contribution in [3.8, 4) is 5.75 Å². The van der Waals surface area contributed by atoms with Crippen LogP contribution in [0.1, 0.15) is 23.5 Å². The van der Waals surface area contributed by atoms with Crippen molar-refractivity contribution in [2.24, 2.45) is 0 Å². The number of hydrogen-bond donors (Lipinski definition) is 1. The molecule has 1 N–H and O–H groups in total. The lowest BCUT2D eigenvalue weighted by Gasteiger charge is -2.04. The summed E-state index contributed by atoms with van der Waals surface area (Å²) in [7, 11) is 0. The molecule has 1 aromatic rings. The minimum atomic E-state index is -0.640. The summed E-state index contributed by atoms with van der Waals surface area (Å²) < 4.78 is 4.78. The zero-order chi connectivity index (χ0) is 12.1. The predicted molar refractivity (Wildman–Crippen MR) is 54.9 cm³/mol. The summed E-state index contributed by atoms with van der Waals surface area (Å²) in [6.45, 7) is 2.38. The molecule has 0 unspecified atom stereocenters. The van der Waals surface area contributed by atoms with Gasteiger partial charge in [-0.15, -0.1) is 11.3 Å². The average molecular weight is 243 g/mol. The summed E-state index contributed by atoms with van der Waals surface area (Å²) in [5.74, 6) is -1.66. The molecule has 6 nitrogen and oxygen atoms in total. The third-order valence-corrected chi connectivity index (χ3v) is 2.27. The number of esters is 1. The number of amides is 1. The molecule has 0 spiro atoms. The summed E-state index contributed by atoms with van der Waals surface area (Å²) in [5.41, 5.74) is 1.93. The van der Waals surface area contributed by atoms with Crippen molar-refractivity contribution < 1.29 is 24.0 Å². The van der Waals surface area contributed by atoms with Gasteiger partial charge in [0.25, 0.3) is 5.91 Å². The number of ether oxygens (including phenoxy) is 1. The van der Waals surface area contributed by atoms with Crippen molar-refractivity contribution >= 4 is 29.2 Å². The van der Waals surface area contributed by atoms with Gasteiger partial charge in [-0.25, -0.2) is 0 Å². The van der Waals surface area contributed by atoms with Crippen molar-refractivity contribution in [1.82, 2.24) is 5.48 Å². The zero-order valence-corrected chi connectivity index (χ0v) is 9.42. The monoisotopic (exact) mass is 243 g/mol. The Hall–Kier alpha value is -1.89. The summed E-state index contributed by atoms with van der Waals surface area (Å²) in [4.78, 5) is 37.1. The third kappa shape index (κ3) is 3.35. The highest BCUT2D eigenvalue weighted by atomic mass is 32.1. The molecule has 0 saturated heterocycles. The largest absolute Gasteiger partial charge is 0.425 e. The van der Waals surface area contributed by atoms with Crippen LogP contribution in [-0.2, 0) is 14.4 Å². The SMILES string of the molecule is CC(=O)ONC(=O)c1sccc1OC(C)=O. The molecule has 0 aliphatic carbocycles. The van der Waals surface area contributed by atoms with E-state index in [1.807, 2.05) is 5.48 Å². The van der Waals surface area contributed by atoms with Crippen LogP contribution in [0.3, 0.4) is 0 Å². The van der Waals surface area contributed by atoms with E-state index in [0.29, 0.717) is 0 Å². The molecule has 1 rings (SSSR count). The lowest BCUT2D eigenvalue weighted by Crippen LogP contribution is -2.25. The van der Waals surface area contributed by atoms with E-state index in [1.165, 1.54) is 13.0 Å². The normalized spacial score (nSPS) is 9.38. The summed E-state index contributed by atoms with van der Waals surface area (Å²) in [6.07, 6.45) is 0. The smallest absolute Gasteiger partial charge is 0.329 e. The van der Waals surface area contributed by atoms with Gasteiger partial charge >= 0.3 is 11.9 Å². The van der Waals surface area contributed by atoms with Crippen LogP contribution in [0, 0.1) is 0 Å². The van der Waals surface area contributed by atoms with E-state index < -0.39 is 17.8 Å². The molecule has 7 heteroatoms. The Morgan fingerprint density at radius 2 is 1.94 bits per heavy atom. The second-order valence-electron chi connectivity index (χ2n) is 2.73. The number of nitrogens with one attached hydrogen (secondary N) is 1. The summed E-state index contributed by atoms with van der Waals surface area (Å²) in [5, 5.41) is 1.58. The Kier molecular flexibility index (Phi) is 4.01. The fourth-order valence-corrected chi connectivity index (χ4v) is 1.57. The van der Waals surface area contributed by atoms with E-state index in [-0.39, 0.29) is 10.6 Å². The Bertz CT molecular complexity index is 425. The number of carbonyl (C=O) groups is 3. The van der Waals surface area contributed by atoms with E-state index in [9.17, 15) is 14.4 Å². The van der Waals surface area contributed by atoms with Crippen LogP contribution in [0.4, 0.5) is 0 Å². The third-order valence-electron chi connectivity index (χ3n) is 1.38. The topological polar surface area (TPSA) is 81.7 Å². The maximum Gasteiger partial charge on any atom is 0.329 e. The molecule has 0 aliphatic heterocycles. The van der Waals surface area contributed by atoms with Crippen LogP contribution in [0.2, 0.25) is 0 Å². The molecule has 0 bridgehead atoms. The molecule has 86 valence electrons. The highest BCUT2D eigenvalue weighted by Crippen LogP contribution is 2.24. The van der Waals surface area contributed by atoms with Crippen LogP contribution in [0.15, 0.2) is 11.4 Å². The lowest BCUT2D eigenvalue weighted by atomic mass is 10.4. The molecular weight excluding hydrogens is 234 g/mol. The first kappa shape index (κ1) is 12.2. The van der Waals surface area contributed by atoms with Gasteiger partial charge in [0.05, 0.1) is 0 Å². The highest BCUT2D eigenvalue weighted by molar-refractivity contribution is 7.12. The first-order valence-corrected chi connectivity index (χ1v) is 5.12. The van der Waals surface area contributed by atoms with E-state index in [4.69, 9.17) is 4.74 Å². The second-order valence-corrected chi connectivity index (χ2v) is 3.65. The number of thiophene rings is 1. The van der Waals surface area contributed by atoms with Gasteiger partial charge in [-0.1, -0.05) is 0 Å². The van der Waals surface area contributed by atoms with Crippen molar-refractivity contribution in [3.63, 3.8) is 0 Å². The molecule has 1 heterocycles. The van der Waals surface area contributed by atoms with Gasteiger partial charge in [-0.05, 0) is 11.4 Å². The van der Waals surface area contributed by atoms with Crippen LogP contribution >= 0.6 is 11.3 Å². The van der Waals surface area contributed by atoms with Crippen LogP contribution in [0.5, 0.6) is 5.75 Å². The number of hydrogen-bond acceptors (Lipinski definition) is 6. The van der Waals surface area contributed by atoms with Crippen LogP contribution in [0.25, 0.3) is 0 Å². The second kappa shape index (κ2) is 5.26. The molecule has 0 fully saturated rings. The zero-order valence-electron chi connectivity index (χ0n) is 8.60. The molecular formula is C9H9NO5S. The lowest BCUT2D eigenvalue weighted by molar-refractivity contribution is -0.146. The fourth-order valence-electron chi connectivity index (χ4n) is 0.863. The van der Waals surface area contributed by atoms with Gasteiger partial charge in [-0.2, -0.15) is 5.48 Å². The molecule has 0 atom stereocenters. The van der Waals surface area contributed by atoms with Gasteiger partial charge in [0.1, 0.15) is 4.88 Å². The standard InChI is InChI=1S/C9H9NO5S/c1-5(11)14-7-3-4-16-8(7)9(13)10-15-6(2)12/h3-4H,1-2H3,(H,10,13). The molecule has 0 radical (unpaired) electrons. The van der Waals surface area contributed by atoms with Gasteiger partial charge < -0.3 is 9.57 Å². The van der Waals surface area contributed by atoms with E-state index in [2.05, 4.69) is 4.84 Å². The molecule has 1 amide bonds. The predicted octanol–water partition coefficient (Wildman–Crippen LogP) is 0.881. The van der Waals surface area contributed by atoms with Crippen LogP contribution < -0.4 is 10.2 Å². The molecule has 0 aromatic carbocycles. The quantitative estimate of drug-likeness (QED) is 0.616. The summed E-state index contributed by atoms with van der Waals surface area (Å²) in [6, 6.07) is 1.48. The Labute approximate surface area is 95.1 Å². The molecule has 1 aromatic heterocycles. The van der Waals surface area contributed by atoms with E-state index in [1.54, 1.807) is 5.38 Å². The van der Waals surface area contributed by atoms with Crippen molar-refractivity contribution in [1.29, 1.82) is 0 Å². The van der Waals surface area contributed by atoms with Gasteiger partial charge in [-0.3, -0.25) is 14.4 Å². The fraction of sp³-hybridized carbons (Fsp3) is 0.222. The minimum absolute atomic E-state index is 0.141. The maximum atomic E-state index is 11.4. The first-order valence-electron chi connectivity index (χ1n) is 4.24. The van der Waals surface area contributed by atoms with Gasteiger partial charge in [0.15, 0.2) is 5.75 Å². The highest BCUT2D eigenvalue weighted by Gasteiger charge is 2.16. The first-order chi connectivity index (χ1) is 7.50. The minimum Gasteiger partial charge on any atom is -0.425 e. The van der Waals surface area contributed by atoms with Crippen molar-refractivity contribution in [2.45, 2.75) is 13.8 Å². The molecule has 0 aliphatic rings. The van der Waals surface area contributed by atoms with Crippen molar-refractivity contribution in [3.05, 3.63) is 16.3 Å². The van der Waals surface area contributed by atoms with E-state index >= 15 is 0 Å². The van der Waals surface area contributed by atoms with Crippen LogP contribution in [-0.4, -0.2) is 17.8 Å². The van der Waals surface area contributed by atoms with Gasteiger partial charge in [0, 0.05) is 13.8 Å². The number of hydroxylamine groups is 1. The average Bonchev–Trinajstić information content (AvgIpc) is 2.61. The Balaban J connectivity index is 2.71. The summed E-state index contributed by atoms with van der Waals surface area (Å²) >= 11 is 1.07. The van der Waals surface area contributed by atoms with Gasteiger partial charge in [0.2, 0.25) is 0 Å². The molecule has 0 saturated carbocycles. The number of rotatable bonds is 2. The Morgan fingerprint density at radius 1 is 1.25 bits per heavy atom. The van der Waals surface area contributed by atoms with Crippen molar-refractivity contribution in [2.75, 3.05) is 0 Å². The molecule has 16 heavy (non-hydrogen) atoms. The Morgan fingerprint density at radius 3 is 2.50 bits per heavy atom. The van der Waals surface area contributed by atoms with E-state index in [0.717, 1.165) is 18.3 Å². The maximum absolute atomic E-state index is 11.4.